The lowest BCUT2D eigenvalue weighted by atomic mass is 9.71. The number of alkyl halides is 7. The maximum Gasteiger partial charge on any atom is 0.435 e. The van der Waals surface area contributed by atoms with Crippen molar-refractivity contribution in [3.63, 3.8) is 0 Å². The van der Waals surface area contributed by atoms with Crippen molar-refractivity contribution in [3.8, 4) is 0 Å². The zero-order valence-corrected chi connectivity index (χ0v) is 25.6. The Morgan fingerprint density at radius 1 is 0.936 bits per heavy atom. The molecule has 16 heteroatoms. The van der Waals surface area contributed by atoms with Crippen molar-refractivity contribution in [1.82, 2.24) is 10.2 Å². The van der Waals surface area contributed by atoms with Crippen molar-refractivity contribution < 1.29 is 57.9 Å². The van der Waals surface area contributed by atoms with Crippen LogP contribution in [0.4, 0.5) is 35.1 Å². The van der Waals surface area contributed by atoms with Gasteiger partial charge in [-0.15, -0.1) is 0 Å². The highest BCUT2D eigenvalue weighted by atomic mass is 32.2. The van der Waals surface area contributed by atoms with Crippen LogP contribution >= 0.6 is 0 Å². The molecule has 47 heavy (non-hydrogen) atoms. The average Bonchev–Trinajstić information content (AvgIpc) is 3.34. The Morgan fingerprint density at radius 3 is 2.06 bits per heavy atom. The maximum atomic E-state index is 15.1. The van der Waals surface area contributed by atoms with Crippen LogP contribution in [0.15, 0.2) is 47.4 Å². The molecular weight excluding hydrogens is 664 g/mol. The van der Waals surface area contributed by atoms with Gasteiger partial charge in [-0.1, -0.05) is 18.2 Å². The number of carbonyl (C=O) groups is 3. The summed E-state index contributed by atoms with van der Waals surface area (Å²) in [4.78, 5) is 38.9. The zero-order chi connectivity index (χ0) is 34.7. The molecule has 0 radical (unpaired) electrons. The van der Waals surface area contributed by atoms with Crippen LogP contribution in [0.1, 0.15) is 49.3 Å². The van der Waals surface area contributed by atoms with Crippen molar-refractivity contribution >= 4 is 27.9 Å². The molecule has 256 valence electrons. The molecule has 5 rings (SSSR count). The molecule has 4 atom stereocenters. The first-order chi connectivity index (χ1) is 21.8. The third-order valence-corrected chi connectivity index (χ3v) is 12.5. The Kier molecular flexibility index (Phi) is 8.76. The molecule has 0 spiro atoms. The van der Waals surface area contributed by atoms with E-state index in [0.717, 1.165) is 24.3 Å². The SMILES string of the molecule is CC(=O)N1CCC(C(=O)N[C@@H]2CC(C=O)[C@]3(S(=O)(=O)c4ccc(F)cc4)c4ccc(C(F)(C(F)(F)F)C(F)(F)F)cc4CC[C@@H]23)CC1. The lowest BCUT2D eigenvalue weighted by Gasteiger charge is -2.44. The highest BCUT2D eigenvalue weighted by Gasteiger charge is 2.74. The zero-order valence-electron chi connectivity index (χ0n) is 24.8. The van der Waals surface area contributed by atoms with E-state index >= 15 is 4.39 Å². The summed E-state index contributed by atoms with van der Waals surface area (Å²) >= 11 is 0. The molecule has 1 N–H and O–H groups in total. The molecule has 7 nitrogen and oxygen atoms in total. The van der Waals surface area contributed by atoms with Gasteiger partial charge in [-0.2, -0.15) is 26.3 Å². The van der Waals surface area contributed by atoms with E-state index in [4.69, 9.17) is 0 Å². The number of carbonyl (C=O) groups excluding carboxylic acids is 3. The van der Waals surface area contributed by atoms with Gasteiger partial charge < -0.3 is 15.0 Å². The van der Waals surface area contributed by atoms with Crippen molar-refractivity contribution in [2.75, 3.05) is 13.1 Å². The number of sulfone groups is 1. The molecule has 2 amide bonds. The number of benzene rings is 2. The van der Waals surface area contributed by atoms with E-state index in [0.29, 0.717) is 44.4 Å². The van der Waals surface area contributed by atoms with E-state index in [1.165, 1.54) is 6.92 Å². The maximum absolute atomic E-state index is 15.1. The number of halogens is 8. The van der Waals surface area contributed by atoms with Crippen LogP contribution in [0.25, 0.3) is 0 Å². The number of fused-ring (bicyclic) bond motifs is 3. The minimum atomic E-state index is -6.41. The van der Waals surface area contributed by atoms with E-state index in [9.17, 15) is 53.5 Å². The second-order valence-electron chi connectivity index (χ2n) is 12.3. The van der Waals surface area contributed by atoms with E-state index < -0.39 is 78.6 Å². The predicted molar refractivity (Wildman–Crippen MR) is 149 cm³/mol. The number of rotatable bonds is 6. The number of piperidine rings is 1. The van der Waals surface area contributed by atoms with Gasteiger partial charge in [0.15, 0.2) is 9.84 Å². The average molecular weight is 695 g/mol. The summed E-state index contributed by atoms with van der Waals surface area (Å²) in [6.07, 6.45) is -12.6. The molecule has 1 saturated carbocycles. The standard InChI is InChI=1S/C31H30F8N2O5S/c1-17(43)41-12-10-18(11-13-41)27(44)40-26-15-21(16-42)28(47(45,46)23-6-4-22(32)5-7-23)24-9-3-20(14-19(24)2-8-25(26)28)29(33,30(34,35)36)31(37,38)39/h3-7,9,14,16,18,21,25-26H,2,8,10-13,15H2,1H3,(H,40,44)/t21?,25-,26+,28-/m0/s1. The summed E-state index contributed by atoms with van der Waals surface area (Å²) in [5, 5.41) is 2.84. The Hall–Kier alpha value is -3.56. The number of nitrogens with one attached hydrogen (secondary N) is 1. The van der Waals surface area contributed by atoms with Gasteiger partial charge in [0, 0.05) is 49.4 Å². The van der Waals surface area contributed by atoms with E-state index in [1.807, 2.05) is 0 Å². The molecule has 3 aliphatic rings. The molecule has 0 aromatic heterocycles. The molecule has 1 aliphatic heterocycles. The summed E-state index contributed by atoms with van der Waals surface area (Å²) in [6.45, 7) is 2.01. The van der Waals surface area contributed by atoms with Crippen LogP contribution in [0, 0.1) is 23.6 Å². The Balaban J connectivity index is 1.63. The monoisotopic (exact) mass is 694 g/mol. The van der Waals surface area contributed by atoms with Crippen molar-refractivity contribution in [2.45, 2.75) is 72.7 Å². The summed E-state index contributed by atoms with van der Waals surface area (Å²) in [5.41, 5.74) is -8.21. The topological polar surface area (TPSA) is 101 Å². The number of nitrogens with zero attached hydrogens (tertiary/aromatic N) is 1. The van der Waals surface area contributed by atoms with Gasteiger partial charge in [-0.3, -0.25) is 9.59 Å². The number of hydrogen-bond donors (Lipinski definition) is 1. The Labute approximate surface area is 264 Å². The number of hydrogen-bond acceptors (Lipinski definition) is 5. The smallest absolute Gasteiger partial charge is 0.353 e. The minimum Gasteiger partial charge on any atom is -0.353 e. The molecule has 1 heterocycles. The molecule has 2 aromatic rings. The number of amides is 2. The van der Waals surface area contributed by atoms with Gasteiger partial charge in [0.25, 0.3) is 0 Å². The van der Waals surface area contributed by atoms with Crippen molar-refractivity contribution in [2.24, 2.45) is 17.8 Å². The fourth-order valence-corrected chi connectivity index (χ4v) is 10.2. The van der Waals surface area contributed by atoms with Gasteiger partial charge in [-0.05, 0) is 67.5 Å². The quantitative estimate of drug-likeness (QED) is 0.251. The molecule has 1 saturated heterocycles. The molecular formula is C31H30F8N2O5S. The largest absolute Gasteiger partial charge is 0.435 e. The summed E-state index contributed by atoms with van der Waals surface area (Å²) < 4.78 is 138. The number of aryl methyl sites for hydroxylation is 1. The predicted octanol–water partition coefficient (Wildman–Crippen LogP) is 5.31. The number of likely N-dealkylation sites (tertiary alicyclic amines) is 1. The van der Waals surface area contributed by atoms with Crippen molar-refractivity contribution in [3.05, 3.63) is 65.0 Å². The lowest BCUT2D eigenvalue weighted by molar-refractivity contribution is -0.348. The van der Waals surface area contributed by atoms with Gasteiger partial charge >= 0.3 is 18.0 Å². The third kappa shape index (κ3) is 5.39. The second kappa shape index (κ2) is 11.8. The van der Waals surface area contributed by atoms with Gasteiger partial charge in [0.2, 0.25) is 11.8 Å². The van der Waals surface area contributed by atoms with Crippen LogP contribution in [-0.2, 0) is 41.1 Å². The van der Waals surface area contributed by atoms with E-state index in [2.05, 4.69) is 5.32 Å². The van der Waals surface area contributed by atoms with Gasteiger partial charge in [0.1, 0.15) is 16.9 Å². The first-order valence-corrected chi connectivity index (χ1v) is 16.3. The molecule has 0 bridgehead atoms. The molecule has 2 aromatic carbocycles. The van der Waals surface area contributed by atoms with E-state index in [1.54, 1.807) is 4.90 Å². The summed E-state index contributed by atoms with van der Waals surface area (Å²) in [6, 6.07) is 3.80. The first kappa shape index (κ1) is 34.8. The van der Waals surface area contributed by atoms with Crippen molar-refractivity contribution in [1.29, 1.82) is 0 Å². The highest BCUT2D eigenvalue weighted by molar-refractivity contribution is 7.92. The van der Waals surface area contributed by atoms with Crippen LogP contribution < -0.4 is 5.32 Å². The van der Waals surface area contributed by atoms with E-state index in [-0.39, 0.29) is 42.4 Å². The van der Waals surface area contributed by atoms with Crippen LogP contribution in [0.2, 0.25) is 0 Å². The lowest BCUT2D eigenvalue weighted by Crippen LogP contribution is -2.53. The summed E-state index contributed by atoms with van der Waals surface area (Å²) in [7, 11) is -4.80. The molecule has 2 fully saturated rings. The Morgan fingerprint density at radius 2 is 1.53 bits per heavy atom. The van der Waals surface area contributed by atoms with Crippen LogP contribution in [0.3, 0.4) is 0 Å². The van der Waals surface area contributed by atoms with Crippen LogP contribution in [0.5, 0.6) is 0 Å². The Bertz CT molecular complexity index is 1660. The second-order valence-corrected chi connectivity index (χ2v) is 14.4. The highest BCUT2D eigenvalue weighted by Crippen LogP contribution is 2.61. The first-order valence-electron chi connectivity index (χ1n) is 14.8. The molecule has 1 unspecified atom stereocenters. The minimum absolute atomic E-state index is 0.163. The molecule has 2 aliphatic carbocycles. The fraction of sp³-hybridized carbons (Fsp3) is 0.516. The van der Waals surface area contributed by atoms with Gasteiger partial charge in [0.05, 0.1) is 4.90 Å². The normalized spacial score (nSPS) is 25.6. The summed E-state index contributed by atoms with van der Waals surface area (Å²) in [5.74, 6) is -4.54. The fourth-order valence-electron chi connectivity index (χ4n) is 7.62. The third-order valence-electron chi connectivity index (χ3n) is 9.90. The van der Waals surface area contributed by atoms with Gasteiger partial charge in [-0.25, -0.2) is 17.2 Å². The number of aldehydes is 1. The van der Waals surface area contributed by atoms with Crippen LogP contribution in [-0.4, -0.2) is 62.9 Å².